The second-order valence-electron chi connectivity index (χ2n) is 2.35. The van der Waals surface area contributed by atoms with Crippen LogP contribution >= 0.6 is 15.9 Å². The molecule has 1 aromatic rings. The van der Waals surface area contributed by atoms with Gasteiger partial charge in [-0.05, 0) is 34.5 Å². The Morgan fingerprint density at radius 1 is 1.64 bits per heavy atom. The van der Waals surface area contributed by atoms with E-state index < -0.39 is 0 Å². The molecular weight excluding hydrogens is 206 g/mol. The van der Waals surface area contributed by atoms with Crippen molar-refractivity contribution in [3.8, 4) is 0 Å². The number of rotatable bonds is 3. The second kappa shape index (κ2) is 3.72. The number of hydrogen-bond donors (Lipinski definition) is 0. The third-order valence-electron chi connectivity index (χ3n) is 1.53. The number of aromatic nitrogens is 1. The Morgan fingerprint density at radius 3 is 2.91 bits per heavy atom. The van der Waals surface area contributed by atoms with Gasteiger partial charge in [-0.25, -0.2) is 0 Å². The van der Waals surface area contributed by atoms with E-state index in [2.05, 4.69) is 22.9 Å². The summed E-state index contributed by atoms with van der Waals surface area (Å²) in [5.74, 6) is 0. The molecule has 1 heterocycles. The Kier molecular flexibility index (Phi) is 2.88. The van der Waals surface area contributed by atoms with E-state index in [9.17, 15) is 4.79 Å². The Labute approximate surface area is 74.3 Å². The highest BCUT2D eigenvalue weighted by molar-refractivity contribution is 9.10. The van der Waals surface area contributed by atoms with Crippen molar-refractivity contribution in [2.75, 3.05) is 0 Å². The van der Waals surface area contributed by atoms with Gasteiger partial charge in [-0.3, -0.25) is 4.79 Å². The van der Waals surface area contributed by atoms with Crippen LogP contribution in [0.4, 0.5) is 0 Å². The van der Waals surface area contributed by atoms with Gasteiger partial charge in [0.25, 0.3) is 0 Å². The minimum atomic E-state index is 0.735. The van der Waals surface area contributed by atoms with Crippen molar-refractivity contribution < 1.29 is 4.79 Å². The van der Waals surface area contributed by atoms with Gasteiger partial charge in [-0.1, -0.05) is 6.92 Å². The van der Waals surface area contributed by atoms with Gasteiger partial charge in [0.2, 0.25) is 0 Å². The zero-order valence-corrected chi connectivity index (χ0v) is 7.97. The standard InChI is InChI=1S/C8H10BrNO/c1-2-5-10-7(6-11)3-4-8(10)9/h3-4,6H,2,5H2,1H3. The number of halogens is 1. The minimum absolute atomic E-state index is 0.735. The molecule has 0 amide bonds. The van der Waals surface area contributed by atoms with Crippen LogP contribution in [0.25, 0.3) is 0 Å². The van der Waals surface area contributed by atoms with Crippen LogP contribution in [0.2, 0.25) is 0 Å². The van der Waals surface area contributed by atoms with E-state index in [4.69, 9.17) is 0 Å². The molecule has 1 rings (SSSR count). The summed E-state index contributed by atoms with van der Waals surface area (Å²) in [7, 11) is 0. The first-order chi connectivity index (χ1) is 5.29. The van der Waals surface area contributed by atoms with Gasteiger partial charge in [-0.2, -0.15) is 0 Å². The molecule has 0 spiro atoms. The van der Waals surface area contributed by atoms with Crippen LogP contribution in [0.15, 0.2) is 16.7 Å². The lowest BCUT2D eigenvalue weighted by molar-refractivity contribution is 0.111. The second-order valence-corrected chi connectivity index (χ2v) is 3.16. The fraction of sp³-hybridized carbons (Fsp3) is 0.375. The number of nitrogens with zero attached hydrogens (tertiary/aromatic N) is 1. The van der Waals surface area contributed by atoms with E-state index in [1.54, 1.807) is 0 Å². The molecule has 60 valence electrons. The molecule has 0 N–H and O–H groups in total. The van der Waals surface area contributed by atoms with Crippen LogP contribution in [-0.2, 0) is 6.54 Å². The van der Waals surface area contributed by atoms with Gasteiger partial charge in [0.1, 0.15) is 0 Å². The molecule has 0 bridgehead atoms. The highest BCUT2D eigenvalue weighted by atomic mass is 79.9. The third-order valence-corrected chi connectivity index (χ3v) is 2.22. The molecule has 0 unspecified atom stereocenters. The molecule has 2 nitrogen and oxygen atoms in total. The number of carbonyl (C=O) groups excluding carboxylic acids is 1. The maximum Gasteiger partial charge on any atom is 0.166 e. The van der Waals surface area contributed by atoms with E-state index in [0.29, 0.717) is 0 Å². The average molecular weight is 216 g/mol. The zero-order chi connectivity index (χ0) is 8.27. The summed E-state index contributed by atoms with van der Waals surface area (Å²) < 4.78 is 2.92. The van der Waals surface area contributed by atoms with Crippen LogP contribution in [0.1, 0.15) is 23.8 Å². The maximum absolute atomic E-state index is 10.5. The molecular formula is C8H10BrNO. The quantitative estimate of drug-likeness (QED) is 0.711. The van der Waals surface area contributed by atoms with E-state index >= 15 is 0 Å². The molecule has 3 heteroatoms. The van der Waals surface area contributed by atoms with Crippen molar-refractivity contribution in [3.63, 3.8) is 0 Å². The van der Waals surface area contributed by atoms with E-state index in [1.807, 2.05) is 16.7 Å². The summed E-state index contributed by atoms with van der Waals surface area (Å²) in [4.78, 5) is 10.5. The van der Waals surface area contributed by atoms with Gasteiger partial charge in [0.15, 0.2) is 6.29 Å². The molecule has 0 saturated carbocycles. The molecule has 11 heavy (non-hydrogen) atoms. The van der Waals surface area contributed by atoms with Gasteiger partial charge < -0.3 is 4.57 Å². The predicted octanol–water partition coefficient (Wildman–Crippen LogP) is 2.47. The Balaban J connectivity index is 2.97. The lowest BCUT2D eigenvalue weighted by atomic mass is 10.4. The highest BCUT2D eigenvalue weighted by Gasteiger charge is 2.02. The lowest BCUT2D eigenvalue weighted by Crippen LogP contribution is -2.00. The summed E-state index contributed by atoms with van der Waals surface area (Å²) in [6.45, 7) is 2.97. The van der Waals surface area contributed by atoms with Crippen LogP contribution in [0.3, 0.4) is 0 Å². The molecule has 0 aliphatic heterocycles. The first-order valence-corrected chi connectivity index (χ1v) is 4.39. The summed E-state index contributed by atoms with van der Waals surface area (Å²) >= 11 is 3.36. The van der Waals surface area contributed by atoms with Crippen molar-refractivity contribution >= 4 is 22.2 Å². The van der Waals surface area contributed by atoms with E-state index in [1.165, 1.54) is 0 Å². The topological polar surface area (TPSA) is 22.0 Å². The Morgan fingerprint density at radius 2 is 2.36 bits per heavy atom. The summed E-state index contributed by atoms with van der Waals surface area (Å²) in [6, 6.07) is 3.70. The third kappa shape index (κ3) is 1.71. The summed E-state index contributed by atoms with van der Waals surface area (Å²) in [5.41, 5.74) is 0.735. The average Bonchev–Trinajstić information content (AvgIpc) is 2.34. The predicted molar refractivity (Wildman–Crippen MR) is 47.8 cm³/mol. The fourth-order valence-electron chi connectivity index (χ4n) is 1.02. The Hall–Kier alpha value is -0.570. The summed E-state index contributed by atoms with van der Waals surface area (Å²) in [5, 5.41) is 0. The fourth-order valence-corrected chi connectivity index (χ4v) is 1.53. The SMILES string of the molecule is CCCn1c(Br)ccc1C=O. The van der Waals surface area contributed by atoms with Crippen molar-refractivity contribution in [3.05, 3.63) is 22.4 Å². The van der Waals surface area contributed by atoms with Crippen molar-refractivity contribution in [2.45, 2.75) is 19.9 Å². The molecule has 0 radical (unpaired) electrons. The molecule has 0 aromatic carbocycles. The normalized spacial score (nSPS) is 10.0. The van der Waals surface area contributed by atoms with Gasteiger partial charge in [-0.15, -0.1) is 0 Å². The molecule has 0 fully saturated rings. The number of carbonyl (C=O) groups is 1. The first kappa shape index (κ1) is 8.53. The van der Waals surface area contributed by atoms with Gasteiger partial charge in [0.05, 0.1) is 10.3 Å². The van der Waals surface area contributed by atoms with Crippen molar-refractivity contribution in [1.82, 2.24) is 4.57 Å². The van der Waals surface area contributed by atoms with Crippen LogP contribution in [0, 0.1) is 0 Å². The molecule has 0 aliphatic rings. The molecule has 0 aliphatic carbocycles. The zero-order valence-electron chi connectivity index (χ0n) is 6.38. The van der Waals surface area contributed by atoms with Crippen LogP contribution < -0.4 is 0 Å². The van der Waals surface area contributed by atoms with Crippen molar-refractivity contribution in [2.24, 2.45) is 0 Å². The van der Waals surface area contributed by atoms with Gasteiger partial charge in [0, 0.05) is 6.54 Å². The largest absolute Gasteiger partial charge is 0.333 e. The first-order valence-electron chi connectivity index (χ1n) is 3.59. The van der Waals surface area contributed by atoms with Crippen molar-refractivity contribution in [1.29, 1.82) is 0 Å². The van der Waals surface area contributed by atoms with E-state index in [0.717, 1.165) is 29.5 Å². The maximum atomic E-state index is 10.5. The smallest absolute Gasteiger partial charge is 0.166 e. The van der Waals surface area contributed by atoms with Crippen LogP contribution in [-0.4, -0.2) is 10.9 Å². The number of aldehydes is 1. The molecule has 1 aromatic heterocycles. The summed E-state index contributed by atoms with van der Waals surface area (Å²) in [6.07, 6.45) is 1.91. The Bertz CT molecular complexity index is 255. The van der Waals surface area contributed by atoms with Crippen LogP contribution in [0.5, 0.6) is 0 Å². The minimum Gasteiger partial charge on any atom is -0.333 e. The van der Waals surface area contributed by atoms with E-state index in [-0.39, 0.29) is 0 Å². The molecule has 0 atom stereocenters. The monoisotopic (exact) mass is 215 g/mol. The molecule has 0 saturated heterocycles. The van der Waals surface area contributed by atoms with Gasteiger partial charge >= 0.3 is 0 Å². The lowest BCUT2D eigenvalue weighted by Gasteiger charge is -2.03. The highest BCUT2D eigenvalue weighted by Crippen LogP contribution is 2.14. The number of hydrogen-bond acceptors (Lipinski definition) is 1.